The topological polar surface area (TPSA) is 31.2 Å². The van der Waals surface area contributed by atoms with Crippen LogP contribution in [0.1, 0.15) is 20.8 Å². The summed E-state index contributed by atoms with van der Waals surface area (Å²) in [6.07, 6.45) is -0.821. The quantitative estimate of drug-likeness (QED) is 0.459. The molecule has 0 unspecified atom stereocenters. The van der Waals surface area contributed by atoms with E-state index >= 15 is 0 Å². The smallest absolute Gasteiger partial charge is 0.419 e. The molecule has 1 heterocycles. The summed E-state index contributed by atoms with van der Waals surface area (Å²) in [6, 6.07) is 7.15. The van der Waals surface area contributed by atoms with E-state index in [0.29, 0.717) is 16.1 Å². The third-order valence-electron chi connectivity index (χ3n) is 3.61. The number of carbonyl (C=O) groups excluding carboxylic acids is 1. The minimum atomic E-state index is -0.903. The molecular formula is C19H15BrF3NO2. The largest absolute Gasteiger partial charge is 0.443 e. The first-order chi connectivity index (χ1) is 12.1. The van der Waals surface area contributed by atoms with Gasteiger partial charge in [-0.3, -0.25) is 0 Å². The van der Waals surface area contributed by atoms with Crippen molar-refractivity contribution in [3.8, 4) is 11.3 Å². The molecule has 0 amide bonds. The van der Waals surface area contributed by atoms with E-state index in [9.17, 15) is 18.0 Å². The number of benzene rings is 2. The van der Waals surface area contributed by atoms with Crippen LogP contribution >= 0.6 is 15.9 Å². The zero-order valence-electron chi connectivity index (χ0n) is 14.2. The second-order valence-corrected chi connectivity index (χ2v) is 7.56. The van der Waals surface area contributed by atoms with Gasteiger partial charge in [-0.05, 0) is 67.0 Å². The Morgan fingerprint density at radius 3 is 2.23 bits per heavy atom. The van der Waals surface area contributed by atoms with Crippen LogP contribution in [-0.2, 0) is 4.74 Å². The van der Waals surface area contributed by atoms with Crippen molar-refractivity contribution < 1.29 is 22.7 Å². The zero-order valence-corrected chi connectivity index (χ0v) is 15.8. The molecule has 136 valence electrons. The molecule has 1 aromatic heterocycles. The van der Waals surface area contributed by atoms with Gasteiger partial charge in [0.05, 0.1) is 15.7 Å². The number of aromatic nitrogens is 1. The molecule has 0 radical (unpaired) electrons. The maximum Gasteiger partial charge on any atom is 0.419 e. The molecule has 26 heavy (non-hydrogen) atoms. The fraction of sp³-hybridized carbons (Fsp3) is 0.211. The highest BCUT2D eigenvalue weighted by atomic mass is 79.9. The summed E-state index contributed by atoms with van der Waals surface area (Å²) in [4.78, 5) is 12.8. The van der Waals surface area contributed by atoms with Crippen molar-refractivity contribution in [2.45, 2.75) is 26.4 Å². The van der Waals surface area contributed by atoms with Crippen LogP contribution in [-0.4, -0.2) is 16.3 Å². The predicted octanol–water partition coefficient (Wildman–Crippen LogP) is 6.27. The molecule has 3 rings (SSSR count). The molecule has 3 aromatic rings. The van der Waals surface area contributed by atoms with Crippen LogP contribution in [0.3, 0.4) is 0 Å². The summed E-state index contributed by atoms with van der Waals surface area (Å²) in [7, 11) is 0. The van der Waals surface area contributed by atoms with Crippen molar-refractivity contribution >= 4 is 32.9 Å². The maximum absolute atomic E-state index is 14.5. The molecule has 0 atom stereocenters. The number of hydrogen-bond acceptors (Lipinski definition) is 2. The van der Waals surface area contributed by atoms with Crippen molar-refractivity contribution in [3.63, 3.8) is 0 Å². The number of nitrogens with zero attached hydrogens (tertiary/aromatic N) is 1. The first-order valence-electron chi connectivity index (χ1n) is 7.77. The van der Waals surface area contributed by atoms with Gasteiger partial charge in [-0.25, -0.2) is 22.5 Å². The Morgan fingerprint density at radius 2 is 1.65 bits per heavy atom. The second-order valence-electron chi connectivity index (χ2n) is 6.77. The Bertz CT molecular complexity index is 1000. The van der Waals surface area contributed by atoms with E-state index in [-0.39, 0.29) is 16.6 Å². The summed E-state index contributed by atoms with van der Waals surface area (Å²) >= 11 is 3.32. The van der Waals surface area contributed by atoms with Crippen molar-refractivity contribution in [1.82, 2.24) is 4.57 Å². The van der Waals surface area contributed by atoms with Crippen LogP contribution < -0.4 is 0 Å². The second kappa shape index (κ2) is 6.46. The van der Waals surface area contributed by atoms with Gasteiger partial charge in [0.2, 0.25) is 0 Å². The normalized spacial score (nSPS) is 11.8. The van der Waals surface area contributed by atoms with Crippen LogP contribution in [0.25, 0.3) is 22.2 Å². The Balaban J connectivity index is 2.36. The number of rotatable bonds is 1. The molecule has 0 aliphatic heterocycles. The summed E-state index contributed by atoms with van der Waals surface area (Å²) in [5.41, 5.74) is -0.248. The average Bonchev–Trinajstić information content (AvgIpc) is 2.80. The molecule has 3 nitrogen and oxygen atoms in total. The maximum atomic E-state index is 14.5. The molecule has 7 heteroatoms. The van der Waals surface area contributed by atoms with Crippen molar-refractivity contribution in [2.24, 2.45) is 0 Å². The van der Waals surface area contributed by atoms with Crippen LogP contribution in [0.2, 0.25) is 0 Å². The summed E-state index contributed by atoms with van der Waals surface area (Å²) in [5.74, 6) is -2.13. The standard InChI is InChI=1S/C19H15BrF3NO2/c1-19(2,3)26-18(25)24-16(10-4-6-11(21)7-5-10)15(20)13-8-12(22)9-14(23)17(13)24/h4-9H,1-3H3. The first kappa shape index (κ1) is 18.5. The lowest BCUT2D eigenvalue weighted by molar-refractivity contribution is 0.0546. The predicted molar refractivity (Wildman–Crippen MR) is 96.6 cm³/mol. The van der Waals surface area contributed by atoms with E-state index in [0.717, 1.165) is 10.6 Å². The van der Waals surface area contributed by atoms with E-state index < -0.39 is 29.1 Å². The summed E-state index contributed by atoms with van der Waals surface area (Å²) in [5, 5.41) is 0.174. The number of halogens is 4. The molecule has 2 aromatic carbocycles. The lowest BCUT2D eigenvalue weighted by Crippen LogP contribution is -2.27. The minimum absolute atomic E-state index is 0.119. The van der Waals surface area contributed by atoms with Crippen LogP contribution in [0.15, 0.2) is 40.9 Å². The van der Waals surface area contributed by atoms with Crippen LogP contribution in [0, 0.1) is 17.5 Å². The molecule has 0 N–H and O–H groups in total. The van der Waals surface area contributed by atoms with Gasteiger partial charge in [0, 0.05) is 17.0 Å². The molecular weight excluding hydrogens is 411 g/mol. The van der Waals surface area contributed by atoms with Gasteiger partial charge in [-0.1, -0.05) is 0 Å². The van der Waals surface area contributed by atoms with Gasteiger partial charge < -0.3 is 4.74 Å². The van der Waals surface area contributed by atoms with Crippen LogP contribution in [0.4, 0.5) is 18.0 Å². The molecule has 0 saturated carbocycles. The van der Waals surface area contributed by atoms with Gasteiger partial charge >= 0.3 is 6.09 Å². The molecule has 0 spiro atoms. The van der Waals surface area contributed by atoms with Gasteiger partial charge in [0.25, 0.3) is 0 Å². The van der Waals surface area contributed by atoms with E-state index in [2.05, 4.69) is 15.9 Å². The number of ether oxygens (including phenoxy) is 1. The minimum Gasteiger partial charge on any atom is -0.443 e. The molecule has 0 bridgehead atoms. The zero-order chi connectivity index (χ0) is 19.2. The molecule has 0 fully saturated rings. The van der Waals surface area contributed by atoms with Gasteiger partial charge in [0.15, 0.2) is 5.82 Å². The highest BCUT2D eigenvalue weighted by molar-refractivity contribution is 9.10. The first-order valence-corrected chi connectivity index (χ1v) is 8.56. The Kier molecular flexibility index (Phi) is 4.60. The monoisotopic (exact) mass is 425 g/mol. The van der Waals surface area contributed by atoms with Gasteiger partial charge in [-0.2, -0.15) is 0 Å². The van der Waals surface area contributed by atoms with Crippen molar-refractivity contribution in [2.75, 3.05) is 0 Å². The van der Waals surface area contributed by atoms with Crippen LogP contribution in [0.5, 0.6) is 0 Å². The SMILES string of the molecule is CC(C)(C)OC(=O)n1c(-c2ccc(F)cc2)c(Br)c2cc(F)cc(F)c21. The number of hydrogen-bond donors (Lipinski definition) is 0. The lowest BCUT2D eigenvalue weighted by Gasteiger charge is -2.21. The third-order valence-corrected chi connectivity index (χ3v) is 4.42. The van der Waals surface area contributed by atoms with E-state index in [1.165, 1.54) is 24.3 Å². The number of fused-ring (bicyclic) bond motifs is 1. The summed E-state index contributed by atoms with van der Waals surface area (Å²) < 4.78 is 48.2. The van der Waals surface area contributed by atoms with E-state index in [1.807, 2.05) is 0 Å². The Labute approximate surface area is 156 Å². The third kappa shape index (κ3) is 3.35. The lowest BCUT2D eigenvalue weighted by atomic mass is 10.1. The molecule has 0 saturated heterocycles. The van der Waals surface area contributed by atoms with E-state index in [4.69, 9.17) is 4.74 Å². The fourth-order valence-corrected chi connectivity index (χ4v) is 3.36. The van der Waals surface area contributed by atoms with Crippen molar-refractivity contribution in [3.05, 3.63) is 58.3 Å². The van der Waals surface area contributed by atoms with E-state index in [1.54, 1.807) is 20.8 Å². The average molecular weight is 426 g/mol. The van der Waals surface area contributed by atoms with Gasteiger partial charge in [-0.15, -0.1) is 0 Å². The molecule has 0 aliphatic rings. The summed E-state index contributed by atoms with van der Waals surface area (Å²) in [6.45, 7) is 5.04. The highest BCUT2D eigenvalue weighted by Gasteiger charge is 2.28. The Morgan fingerprint density at radius 1 is 1.04 bits per heavy atom. The Hall–Kier alpha value is -2.28. The fourth-order valence-electron chi connectivity index (χ4n) is 2.65. The van der Waals surface area contributed by atoms with Crippen molar-refractivity contribution in [1.29, 1.82) is 0 Å². The van der Waals surface area contributed by atoms with Gasteiger partial charge in [0.1, 0.15) is 17.2 Å². The number of carbonyl (C=O) groups is 1. The molecule has 0 aliphatic carbocycles. The highest BCUT2D eigenvalue weighted by Crippen LogP contribution is 2.39.